The van der Waals surface area contributed by atoms with E-state index in [4.69, 9.17) is 16.3 Å². The van der Waals surface area contributed by atoms with Crippen LogP contribution in [-0.4, -0.2) is 47.6 Å². The van der Waals surface area contributed by atoms with Crippen LogP contribution in [0.1, 0.15) is 36.5 Å². The minimum absolute atomic E-state index is 0.00140. The second-order valence-electron chi connectivity index (χ2n) is 8.26. The maximum Gasteiger partial charge on any atom is 0.422 e. The zero-order valence-electron chi connectivity index (χ0n) is 18.1. The number of anilines is 2. The molecule has 0 aromatic heterocycles. The van der Waals surface area contributed by atoms with Gasteiger partial charge in [0.2, 0.25) is 11.8 Å². The Morgan fingerprint density at radius 1 is 1.21 bits per heavy atom. The third kappa shape index (κ3) is 4.54. The summed E-state index contributed by atoms with van der Waals surface area (Å²) in [4.78, 5) is 41.6. The Balaban J connectivity index is 1.50. The number of alkyl halides is 3. The lowest BCUT2D eigenvalue weighted by Gasteiger charge is -2.48. The highest BCUT2D eigenvalue weighted by molar-refractivity contribution is 6.31. The van der Waals surface area contributed by atoms with Gasteiger partial charge in [0.1, 0.15) is 11.4 Å². The van der Waals surface area contributed by atoms with Crippen molar-refractivity contribution in [3.05, 3.63) is 53.1 Å². The van der Waals surface area contributed by atoms with E-state index >= 15 is 0 Å². The average molecular weight is 496 g/mol. The lowest BCUT2D eigenvalue weighted by atomic mass is 9.98. The fourth-order valence-corrected chi connectivity index (χ4v) is 4.53. The molecule has 0 radical (unpaired) electrons. The molecule has 3 amide bonds. The van der Waals surface area contributed by atoms with Crippen LogP contribution in [0.25, 0.3) is 0 Å². The van der Waals surface area contributed by atoms with Gasteiger partial charge in [-0.25, -0.2) is 0 Å². The molecule has 2 aliphatic heterocycles. The van der Waals surface area contributed by atoms with Crippen molar-refractivity contribution in [2.24, 2.45) is 0 Å². The van der Waals surface area contributed by atoms with Crippen molar-refractivity contribution in [2.45, 2.75) is 38.0 Å². The number of para-hydroxylation sites is 1. The predicted octanol–water partition coefficient (Wildman–Crippen LogP) is 4.61. The van der Waals surface area contributed by atoms with Crippen LogP contribution in [0.4, 0.5) is 24.5 Å². The summed E-state index contributed by atoms with van der Waals surface area (Å²) in [6.45, 7) is 0.254. The fraction of sp³-hybridized carbons (Fsp3) is 0.348. The van der Waals surface area contributed by atoms with Crippen LogP contribution in [0, 0.1) is 0 Å². The summed E-state index contributed by atoms with van der Waals surface area (Å²) in [5, 5.41) is 2.71. The van der Waals surface area contributed by atoms with E-state index in [9.17, 15) is 27.6 Å². The summed E-state index contributed by atoms with van der Waals surface area (Å²) >= 11 is 5.93. The van der Waals surface area contributed by atoms with Crippen molar-refractivity contribution in [3.63, 3.8) is 0 Å². The lowest BCUT2D eigenvalue weighted by molar-refractivity contribution is -0.153. The van der Waals surface area contributed by atoms with Gasteiger partial charge in [-0.05, 0) is 43.7 Å². The van der Waals surface area contributed by atoms with E-state index < -0.39 is 24.4 Å². The van der Waals surface area contributed by atoms with E-state index in [1.807, 2.05) is 0 Å². The molecule has 1 N–H and O–H groups in total. The van der Waals surface area contributed by atoms with Gasteiger partial charge in [-0.2, -0.15) is 13.2 Å². The minimum atomic E-state index is -4.55. The normalized spacial score (nSPS) is 19.7. The zero-order chi connectivity index (χ0) is 24.7. The number of carbonyl (C=O) groups is 3. The van der Waals surface area contributed by atoms with Crippen LogP contribution in [0.3, 0.4) is 0 Å². The zero-order valence-corrected chi connectivity index (χ0v) is 18.9. The number of amides is 3. The molecular formula is C23H21ClF3N3O4. The van der Waals surface area contributed by atoms with Crippen molar-refractivity contribution in [3.8, 4) is 5.75 Å². The number of rotatable bonds is 6. The van der Waals surface area contributed by atoms with Gasteiger partial charge in [-0.3, -0.25) is 19.3 Å². The number of nitrogens with one attached hydrogen (secondary N) is 1. The Kier molecular flexibility index (Phi) is 6.20. The molecule has 1 saturated heterocycles. The highest BCUT2D eigenvalue weighted by atomic mass is 35.5. The Morgan fingerprint density at radius 3 is 2.68 bits per heavy atom. The van der Waals surface area contributed by atoms with Crippen molar-refractivity contribution in [2.75, 3.05) is 23.4 Å². The molecule has 1 atom stereocenters. The van der Waals surface area contributed by atoms with E-state index in [2.05, 4.69) is 5.32 Å². The first-order chi connectivity index (χ1) is 16.0. The van der Waals surface area contributed by atoms with E-state index in [1.165, 1.54) is 23.1 Å². The van der Waals surface area contributed by atoms with Crippen LogP contribution in [0.15, 0.2) is 42.5 Å². The number of hydrogen-bond acceptors (Lipinski definition) is 4. The maximum atomic E-state index is 13.2. The highest BCUT2D eigenvalue weighted by Crippen LogP contribution is 2.44. The van der Waals surface area contributed by atoms with E-state index in [1.54, 1.807) is 36.1 Å². The molecule has 180 valence electrons. The van der Waals surface area contributed by atoms with Crippen LogP contribution < -0.4 is 15.0 Å². The van der Waals surface area contributed by atoms with Crippen LogP contribution in [0.2, 0.25) is 5.02 Å². The van der Waals surface area contributed by atoms with Crippen molar-refractivity contribution < 1.29 is 32.3 Å². The Morgan fingerprint density at radius 2 is 1.94 bits per heavy atom. The van der Waals surface area contributed by atoms with Gasteiger partial charge in [-0.15, -0.1) is 0 Å². The topological polar surface area (TPSA) is 79.0 Å². The van der Waals surface area contributed by atoms with Gasteiger partial charge in [0.15, 0.2) is 6.61 Å². The second-order valence-corrected chi connectivity index (χ2v) is 8.70. The van der Waals surface area contributed by atoms with E-state index in [0.717, 1.165) is 0 Å². The molecule has 0 spiro atoms. The first-order valence-corrected chi connectivity index (χ1v) is 10.9. The smallest absolute Gasteiger partial charge is 0.422 e. The quantitative estimate of drug-likeness (QED) is 0.635. The molecule has 0 aliphatic carbocycles. The molecule has 1 unspecified atom stereocenters. The molecule has 0 bridgehead atoms. The van der Waals surface area contributed by atoms with Gasteiger partial charge in [0, 0.05) is 24.4 Å². The number of nitrogens with zero attached hydrogens (tertiary/aromatic N) is 2. The molecule has 2 aromatic rings. The number of carbonyl (C=O) groups excluding carboxylic acids is 3. The lowest BCUT2D eigenvalue weighted by Crippen LogP contribution is -2.62. The van der Waals surface area contributed by atoms with Gasteiger partial charge in [-0.1, -0.05) is 23.7 Å². The first kappa shape index (κ1) is 23.9. The summed E-state index contributed by atoms with van der Waals surface area (Å²) in [5.74, 6) is -1.14. The number of halogens is 4. The number of hydrogen-bond donors (Lipinski definition) is 1. The number of benzene rings is 2. The Labute approximate surface area is 198 Å². The van der Waals surface area contributed by atoms with Gasteiger partial charge >= 0.3 is 6.18 Å². The molecule has 2 heterocycles. The molecule has 34 heavy (non-hydrogen) atoms. The molecular weight excluding hydrogens is 475 g/mol. The predicted molar refractivity (Wildman–Crippen MR) is 119 cm³/mol. The molecule has 7 nitrogen and oxygen atoms in total. The third-order valence-electron chi connectivity index (χ3n) is 5.92. The first-order valence-electron chi connectivity index (χ1n) is 10.5. The van der Waals surface area contributed by atoms with E-state index in [-0.39, 0.29) is 47.7 Å². The third-order valence-corrected chi connectivity index (χ3v) is 6.15. The summed E-state index contributed by atoms with van der Waals surface area (Å²) in [6, 6.07) is 10.7. The second kappa shape index (κ2) is 8.83. The van der Waals surface area contributed by atoms with Crippen LogP contribution in [0.5, 0.6) is 5.75 Å². The molecule has 0 saturated carbocycles. The molecule has 11 heteroatoms. The summed E-state index contributed by atoms with van der Waals surface area (Å²) in [5.41, 5.74) is -0.0160. The number of fused-ring (bicyclic) bond motifs is 3. The monoisotopic (exact) mass is 495 g/mol. The molecule has 1 fully saturated rings. The molecule has 2 aromatic carbocycles. The highest BCUT2D eigenvalue weighted by Gasteiger charge is 2.52. The average Bonchev–Trinajstić information content (AvgIpc) is 3.07. The SMILES string of the molecule is CC12CCC(=O)N1c1ccccc1C(=O)N2CCC(=O)Nc1cc(Cl)ccc1OCC(F)(F)F. The number of ether oxygens (including phenoxy) is 1. The van der Waals surface area contributed by atoms with Gasteiger partial charge in [0.25, 0.3) is 5.91 Å². The maximum absolute atomic E-state index is 13.2. The van der Waals surface area contributed by atoms with Crippen LogP contribution in [-0.2, 0) is 9.59 Å². The summed E-state index contributed by atoms with van der Waals surface area (Å²) in [7, 11) is 0. The minimum Gasteiger partial charge on any atom is -0.482 e. The fourth-order valence-electron chi connectivity index (χ4n) is 4.35. The van der Waals surface area contributed by atoms with Gasteiger partial charge in [0.05, 0.1) is 16.9 Å². The summed E-state index contributed by atoms with van der Waals surface area (Å²) in [6.07, 6.45) is -4.02. The Hall–Kier alpha value is -3.27. The van der Waals surface area contributed by atoms with Crippen molar-refractivity contribution >= 4 is 40.7 Å². The Bertz CT molecular complexity index is 1160. The largest absolute Gasteiger partial charge is 0.482 e. The van der Waals surface area contributed by atoms with Gasteiger partial charge < -0.3 is 15.0 Å². The molecule has 2 aliphatic rings. The standard InChI is InChI=1S/C23H21ClF3N3O4/c1-22-10-8-20(32)30(22)17-5-3-2-4-15(17)21(33)29(22)11-9-19(31)28-16-12-14(24)6-7-18(16)34-13-23(25,26)27/h2-7,12H,8-11,13H2,1H3,(H,28,31). The van der Waals surface area contributed by atoms with E-state index in [0.29, 0.717) is 17.7 Å². The van der Waals surface area contributed by atoms with Crippen LogP contribution >= 0.6 is 11.6 Å². The van der Waals surface area contributed by atoms with Crippen molar-refractivity contribution in [1.82, 2.24) is 4.90 Å². The molecule has 4 rings (SSSR count). The summed E-state index contributed by atoms with van der Waals surface area (Å²) < 4.78 is 42.4. The van der Waals surface area contributed by atoms with Crippen molar-refractivity contribution in [1.29, 1.82) is 0 Å².